The molecule has 0 fully saturated rings. The topological polar surface area (TPSA) is 63.9 Å². The first-order valence-corrected chi connectivity index (χ1v) is 6.81. The second-order valence-electron chi connectivity index (χ2n) is 4.75. The maximum Gasteiger partial charge on any atom is 0.123 e. The van der Waals surface area contributed by atoms with Gasteiger partial charge in [-0.25, -0.2) is 0 Å². The van der Waals surface area contributed by atoms with E-state index in [-0.39, 0.29) is 18.7 Å². The molecule has 0 spiro atoms. The van der Waals surface area contributed by atoms with Gasteiger partial charge in [0.25, 0.3) is 0 Å². The summed E-state index contributed by atoms with van der Waals surface area (Å²) in [7, 11) is 3.26. The van der Waals surface area contributed by atoms with Crippen molar-refractivity contribution in [2.45, 2.75) is 19.0 Å². The summed E-state index contributed by atoms with van der Waals surface area (Å²) < 4.78 is 16.0. The van der Waals surface area contributed by atoms with Crippen molar-refractivity contribution in [3.05, 3.63) is 47.9 Å². The highest BCUT2D eigenvalue weighted by Crippen LogP contribution is 2.30. The molecule has 2 rings (SSSR count). The molecule has 2 unspecified atom stereocenters. The number of rotatable bonds is 7. The molecule has 0 aliphatic heterocycles. The largest absolute Gasteiger partial charge is 0.497 e. The van der Waals surface area contributed by atoms with Crippen LogP contribution in [0.15, 0.2) is 41.0 Å². The van der Waals surface area contributed by atoms with E-state index >= 15 is 0 Å². The van der Waals surface area contributed by atoms with Gasteiger partial charge < -0.3 is 19.0 Å². The third kappa shape index (κ3) is 3.56. The van der Waals surface area contributed by atoms with Crippen molar-refractivity contribution in [1.82, 2.24) is 5.32 Å². The highest BCUT2D eigenvalue weighted by atomic mass is 16.5. The number of benzene rings is 1. The Morgan fingerprint density at radius 2 is 2.05 bits per heavy atom. The summed E-state index contributed by atoms with van der Waals surface area (Å²) in [5.41, 5.74) is 0.960. The van der Waals surface area contributed by atoms with Crippen molar-refractivity contribution in [1.29, 1.82) is 0 Å². The number of furan rings is 1. The van der Waals surface area contributed by atoms with E-state index in [9.17, 15) is 5.11 Å². The van der Waals surface area contributed by atoms with Gasteiger partial charge in [0.2, 0.25) is 0 Å². The first-order valence-electron chi connectivity index (χ1n) is 6.81. The molecule has 114 valence electrons. The molecule has 5 heteroatoms. The van der Waals surface area contributed by atoms with Crippen LogP contribution in [0.25, 0.3) is 0 Å². The zero-order valence-electron chi connectivity index (χ0n) is 12.5. The predicted molar refractivity (Wildman–Crippen MR) is 79.6 cm³/mol. The Kier molecular flexibility index (Phi) is 5.25. The third-order valence-corrected chi connectivity index (χ3v) is 3.42. The monoisotopic (exact) mass is 291 g/mol. The summed E-state index contributed by atoms with van der Waals surface area (Å²) >= 11 is 0. The molecular formula is C16H21NO4. The normalized spacial score (nSPS) is 13.7. The van der Waals surface area contributed by atoms with Gasteiger partial charge in [0.05, 0.1) is 33.1 Å². The molecule has 0 saturated heterocycles. The number of methoxy groups -OCH3 is 2. The van der Waals surface area contributed by atoms with Crippen molar-refractivity contribution in [3.8, 4) is 11.5 Å². The highest BCUT2D eigenvalue weighted by molar-refractivity contribution is 5.42. The Labute approximate surface area is 124 Å². The molecule has 2 aromatic rings. The second kappa shape index (κ2) is 7.15. The molecule has 2 N–H and O–H groups in total. The Bertz CT molecular complexity index is 553. The van der Waals surface area contributed by atoms with Crippen molar-refractivity contribution < 1.29 is 19.0 Å². The molecule has 0 aliphatic rings. The smallest absolute Gasteiger partial charge is 0.123 e. The summed E-state index contributed by atoms with van der Waals surface area (Å²) in [6.45, 7) is 1.95. The van der Waals surface area contributed by atoms with Gasteiger partial charge in [-0.3, -0.25) is 5.32 Å². The standard InChI is InChI=1S/C16H21NO4/c1-11(17-14(10-18)16-5-4-8-21-16)13-9-12(19-2)6-7-15(13)20-3/h4-9,11,14,17-18H,10H2,1-3H3. The summed E-state index contributed by atoms with van der Waals surface area (Å²) in [6, 6.07) is 8.97. The fourth-order valence-corrected chi connectivity index (χ4v) is 2.28. The Morgan fingerprint density at radius 1 is 1.24 bits per heavy atom. The van der Waals surface area contributed by atoms with E-state index in [1.807, 2.05) is 31.2 Å². The zero-order chi connectivity index (χ0) is 15.2. The van der Waals surface area contributed by atoms with Crippen LogP contribution < -0.4 is 14.8 Å². The lowest BCUT2D eigenvalue weighted by atomic mass is 10.0. The Morgan fingerprint density at radius 3 is 2.62 bits per heavy atom. The minimum absolute atomic E-state index is 0.0442. The van der Waals surface area contributed by atoms with Gasteiger partial charge in [-0.15, -0.1) is 0 Å². The van der Waals surface area contributed by atoms with Gasteiger partial charge in [-0.2, -0.15) is 0 Å². The summed E-state index contributed by atoms with van der Waals surface area (Å²) in [5, 5.41) is 12.9. The van der Waals surface area contributed by atoms with Crippen LogP contribution in [-0.4, -0.2) is 25.9 Å². The van der Waals surface area contributed by atoms with Crippen LogP contribution in [0.5, 0.6) is 11.5 Å². The van der Waals surface area contributed by atoms with Crippen molar-refractivity contribution >= 4 is 0 Å². The molecule has 0 radical (unpaired) electrons. The quantitative estimate of drug-likeness (QED) is 0.821. The van der Waals surface area contributed by atoms with Crippen LogP contribution in [0.3, 0.4) is 0 Å². The number of hydrogen-bond acceptors (Lipinski definition) is 5. The molecule has 0 aliphatic carbocycles. The van der Waals surface area contributed by atoms with Gasteiger partial charge in [0.1, 0.15) is 17.3 Å². The van der Waals surface area contributed by atoms with Gasteiger partial charge in [-0.1, -0.05) is 0 Å². The number of aliphatic hydroxyl groups excluding tert-OH is 1. The van der Waals surface area contributed by atoms with Crippen molar-refractivity contribution in [3.63, 3.8) is 0 Å². The number of ether oxygens (including phenoxy) is 2. The van der Waals surface area contributed by atoms with E-state index in [1.54, 1.807) is 26.5 Å². The lowest BCUT2D eigenvalue weighted by Crippen LogP contribution is -2.27. The average Bonchev–Trinajstić information content (AvgIpc) is 3.05. The Balaban J connectivity index is 2.20. The molecule has 0 saturated carbocycles. The number of hydrogen-bond donors (Lipinski definition) is 2. The molecule has 21 heavy (non-hydrogen) atoms. The average molecular weight is 291 g/mol. The first kappa shape index (κ1) is 15.4. The van der Waals surface area contributed by atoms with Crippen LogP contribution in [0, 0.1) is 0 Å². The summed E-state index contributed by atoms with van der Waals surface area (Å²) in [6.07, 6.45) is 1.59. The fourth-order valence-electron chi connectivity index (χ4n) is 2.28. The van der Waals surface area contributed by atoms with E-state index in [0.29, 0.717) is 5.76 Å². The molecule has 0 amide bonds. The van der Waals surface area contributed by atoms with Crippen LogP contribution in [0.4, 0.5) is 0 Å². The molecule has 0 bridgehead atoms. The molecule has 1 aromatic heterocycles. The van der Waals surface area contributed by atoms with E-state index in [2.05, 4.69) is 5.32 Å². The molecule has 1 heterocycles. The predicted octanol–water partition coefficient (Wildman–Crippen LogP) is 2.68. The molecule has 2 atom stereocenters. The van der Waals surface area contributed by atoms with Crippen LogP contribution in [0.1, 0.15) is 30.3 Å². The zero-order valence-corrected chi connectivity index (χ0v) is 12.5. The number of aliphatic hydroxyl groups is 1. The molecule has 1 aromatic carbocycles. The van der Waals surface area contributed by atoms with Crippen molar-refractivity contribution in [2.75, 3.05) is 20.8 Å². The Hall–Kier alpha value is -1.98. The van der Waals surface area contributed by atoms with Crippen molar-refractivity contribution in [2.24, 2.45) is 0 Å². The summed E-state index contributed by atoms with van der Waals surface area (Å²) in [4.78, 5) is 0. The van der Waals surface area contributed by atoms with Crippen LogP contribution in [-0.2, 0) is 0 Å². The van der Waals surface area contributed by atoms with Gasteiger partial charge in [0.15, 0.2) is 0 Å². The van der Waals surface area contributed by atoms with Crippen LogP contribution >= 0.6 is 0 Å². The minimum atomic E-state index is -0.272. The summed E-state index contributed by atoms with van der Waals surface area (Å²) in [5.74, 6) is 2.23. The minimum Gasteiger partial charge on any atom is -0.497 e. The number of nitrogens with one attached hydrogen (secondary N) is 1. The molecule has 5 nitrogen and oxygen atoms in total. The maximum atomic E-state index is 9.54. The second-order valence-corrected chi connectivity index (χ2v) is 4.75. The molecular weight excluding hydrogens is 270 g/mol. The lowest BCUT2D eigenvalue weighted by Gasteiger charge is -2.22. The van der Waals surface area contributed by atoms with E-state index in [1.165, 1.54) is 0 Å². The maximum absolute atomic E-state index is 9.54. The van der Waals surface area contributed by atoms with Crippen LogP contribution in [0.2, 0.25) is 0 Å². The van der Waals surface area contributed by atoms with Gasteiger partial charge in [-0.05, 0) is 37.3 Å². The lowest BCUT2D eigenvalue weighted by molar-refractivity contribution is 0.216. The van der Waals surface area contributed by atoms with E-state index in [0.717, 1.165) is 17.1 Å². The van der Waals surface area contributed by atoms with E-state index < -0.39 is 0 Å². The fraction of sp³-hybridized carbons (Fsp3) is 0.375. The SMILES string of the molecule is COc1ccc(OC)c(C(C)NC(CO)c2ccco2)c1. The third-order valence-electron chi connectivity index (χ3n) is 3.42. The van der Waals surface area contributed by atoms with Gasteiger partial charge >= 0.3 is 0 Å². The first-order chi connectivity index (χ1) is 10.2. The van der Waals surface area contributed by atoms with Gasteiger partial charge in [0, 0.05) is 11.6 Å². The van der Waals surface area contributed by atoms with E-state index in [4.69, 9.17) is 13.9 Å². The highest BCUT2D eigenvalue weighted by Gasteiger charge is 2.19.